The van der Waals surface area contributed by atoms with E-state index in [0.29, 0.717) is 23.9 Å². The molecule has 0 spiro atoms. The highest BCUT2D eigenvalue weighted by Gasteiger charge is 2.49. The summed E-state index contributed by atoms with van der Waals surface area (Å²) in [6.45, 7) is 1.23. The van der Waals surface area contributed by atoms with Gasteiger partial charge >= 0.3 is 16.4 Å². The van der Waals surface area contributed by atoms with Gasteiger partial charge in [0.2, 0.25) is 0 Å². The Labute approximate surface area is 167 Å². The minimum Gasteiger partial charge on any atom is -0.350 e. The molecule has 160 valence electrons. The summed E-state index contributed by atoms with van der Waals surface area (Å²) < 4.78 is 37.1. The molecule has 3 fully saturated rings. The highest BCUT2D eigenvalue weighted by atomic mass is 32.3. The molecule has 0 radical (unpaired) electrons. The number of hydrogen-bond acceptors (Lipinski definition) is 7. The molecule has 3 saturated heterocycles. The van der Waals surface area contributed by atoms with E-state index in [1.54, 1.807) is 0 Å². The maximum Gasteiger partial charge on any atom is 0.418 e. The lowest BCUT2D eigenvalue weighted by molar-refractivity contribution is -0.139. The summed E-state index contributed by atoms with van der Waals surface area (Å²) >= 11 is 0. The maximum absolute atomic E-state index is 12.5. The zero-order chi connectivity index (χ0) is 20.6. The average molecular weight is 429 g/mol. The van der Waals surface area contributed by atoms with Crippen molar-refractivity contribution in [1.82, 2.24) is 25.3 Å². The highest BCUT2D eigenvalue weighted by molar-refractivity contribution is 7.80. The Balaban J connectivity index is 1.25. The van der Waals surface area contributed by atoms with E-state index < -0.39 is 34.4 Å². The summed E-state index contributed by atoms with van der Waals surface area (Å²) in [6.07, 6.45) is 5.57. The molecule has 0 saturated carbocycles. The molecule has 1 aromatic rings. The van der Waals surface area contributed by atoms with Crippen LogP contribution in [0.3, 0.4) is 0 Å². The molecule has 4 heterocycles. The third-order valence-corrected chi connectivity index (χ3v) is 5.85. The molecule has 4 rings (SSSR count). The van der Waals surface area contributed by atoms with Crippen LogP contribution in [0.25, 0.3) is 0 Å². The van der Waals surface area contributed by atoms with Gasteiger partial charge in [0.05, 0.1) is 12.6 Å². The number of carbonyl (C=O) groups is 2. The Bertz CT molecular complexity index is 861. The van der Waals surface area contributed by atoms with E-state index in [2.05, 4.69) is 19.6 Å². The number of urea groups is 1. The molecule has 2 unspecified atom stereocenters. The number of hydroxylamine groups is 3. The van der Waals surface area contributed by atoms with Crippen molar-refractivity contribution in [2.24, 2.45) is 0 Å². The van der Waals surface area contributed by atoms with Gasteiger partial charge in [0.1, 0.15) is 6.04 Å². The molecule has 3 aliphatic heterocycles. The van der Waals surface area contributed by atoms with Gasteiger partial charge < -0.3 is 14.8 Å². The largest absolute Gasteiger partial charge is 0.418 e. The number of nitrogens with one attached hydrogen (secondary N) is 2. The van der Waals surface area contributed by atoms with E-state index in [9.17, 15) is 18.0 Å². The monoisotopic (exact) mass is 429 g/mol. The van der Waals surface area contributed by atoms with E-state index in [0.717, 1.165) is 13.0 Å². The molecule has 29 heavy (non-hydrogen) atoms. The summed E-state index contributed by atoms with van der Waals surface area (Å²) in [5, 5.41) is 3.95. The van der Waals surface area contributed by atoms with Gasteiger partial charge in [-0.15, -0.1) is 4.28 Å². The molecule has 1 aromatic heterocycles. The van der Waals surface area contributed by atoms with Crippen molar-refractivity contribution >= 4 is 22.3 Å². The fourth-order valence-corrected chi connectivity index (χ4v) is 4.52. The van der Waals surface area contributed by atoms with E-state index in [1.807, 2.05) is 24.5 Å². The number of fused-ring (bicyclic) bond motifs is 2. The van der Waals surface area contributed by atoms with Crippen molar-refractivity contribution in [2.45, 2.75) is 43.4 Å². The van der Waals surface area contributed by atoms with Crippen LogP contribution in [0.5, 0.6) is 0 Å². The number of piperidine rings is 1. The second-order valence-electron chi connectivity index (χ2n) is 7.41. The zero-order valence-corrected chi connectivity index (χ0v) is 16.3. The van der Waals surface area contributed by atoms with Crippen LogP contribution in [-0.2, 0) is 24.3 Å². The van der Waals surface area contributed by atoms with Crippen LogP contribution < -0.4 is 10.8 Å². The fourth-order valence-electron chi connectivity index (χ4n) is 4.13. The van der Waals surface area contributed by atoms with Crippen molar-refractivity contribution in [3.63, 3.8) is 0 Å². The number of rotatable bonds is 7. The van der Waals surface area contributed by atoms with Gasteiger partial charge in [-0.1, -0.05) is 0 Å². The lowest BCUT2D eigenvalue weighted by Crippen LogP contribution is -2.50. The molecule has 12 nitrogen and oxygen atoms in total. The van der Waals surface area contributed by atoms with Gasteiger partial charge in [-0.05, 0) is 31.4 Å². The molecule has 3 amide bonds. The predicted octanol–water partition coefficient (Wildman–Crippen LogP) is -0.558. The number of hydrogen-bond donors (Lipinski definition) is 3. The summed E-state index contributed by atoms with van der Waals surface area (Å²) in [6, 6.07) is 2.25. The van der Waals surface area contributed by atoms with Gasteiger partial charge in [-0.2, -0.15) is 13.5 Å². The van der Waals surface area contributed by atoms with Gasteiger partial charge in [0.15, 0.2) is 0 Å². The number of nitrogens with zero attached hydrogens (tertiary/aromatic N) is 3. The summed E-state index contributed by atoms with van der Waals surface area (Å²) in [5.41, 5.74) is 2.39. The number of aromatic nitrogens is 1. The topological polar surface area (TPSA) is 142 Å². The molecule has 0 aromatic carbocycles. The van der Waals surface area contributed by atoms with E-state index in [4.69, 9.17) is 9.39 Å². The Morgan fingerprint density at radius 3 is 2.76 bits per heavy atom. The highest BCUT2D eigenvalue weighted by Crippen LogP contribution is 2.30. The molecule has 3 N–H and O–H groups in total. The standard InChI is InChI=1S/C16H23N5O7S/c22-15(18-27-10-11-7-13(8-17-11)19-5-1-2-6-19)14-4-3-12-9-20(14)16(23)21(12)28-29(24,25)26/h1-2,5-6,11-14,17H,3-4,7-10H2,(H,18,22)(H,24,25,26)/t11?,12-,13?,14+/m1/s1. The molecule has 0 aliphatic carbocycles. The second kappa shape index (κ2) is 7.91. The normalized spacial score (nSPS) is 29.5. The van der Waals surface area contributed by atoms with Crippen LogP contribution in [0.15, 0.2) is 24.5 Å². The van der Waals surface area contributed by atoms with E-state index in [-0.39, 0.29) is 19.2 Å². The van der Waals surface area contributed by atoms with Crippen molar-refractivity contribution < 1.29 is 31.7 Å². The maximum atomic E-state index is 12.5. The first-order chi connectivity index (χ1) is 13.8. The minimum atomic E-state index is -4.82. The second-order valence-corrected chi connectivity index (χ2v) is 8.42. The first-order valence-electron chi connectivity index (χ1n) is 9.36. The quantitative estimate of drug-likeness (QED) is 0.387. The van der Waals surface area contributed by atoms with E-state index in [1.165, 1.54) is 4.90 Å². The Kier molecular flexibility index (Phi) is 5.48. The van der Waals surface area contributed by atoms with Crippen LogP contribution in [0.4, 0.5) is 4.79 Å². The number of carbonyl (C=O) groups excluding carboxylic acids is 2. The molecule has 4 atom stereocenters. The fraction of sp³-hybridized carbons (Fsp3) is 0.625. The molecule has 3 aliphatic rings. The van der Waals surface area contributed by atoms with Crippen molar-refractivity contribution in [1.29, 1.82) is 0 Å². The summed E-state index contributed by atoms with van der Waals surface area (Å²) in [7, 11) is -4.82. The first-order valence-corrected chi connectivity index (χ1v) is 10.7. The van der Waals surface area contributed by atoms with Crippen molar-refractivity contribution in [3.8, 4) is 0 Å². The van der Waals surface area contributed by atoms with Gasteiger partial charge in [0.25, 0.3) is 5.91 Å². The van der Waals surface area contributed by atoms with Crippen LogP contribution in [0.2, 0.25) is 0 Å². The Morgan fingerprint density at radius 1 is 1.28 bits per heavy atom. The smallest absolute Gasteiger partial charge is 0.350 e. The third kappa shape index (κ3) is 4.38. The van der Waals surface area contributed by atoms with Crippen LogP contribution in [0.1, 0.15) is 25.3 Å². The summed E-state index contributed by atoms with van der Waals surface area (Å²) in [5.74, 6) is -0.481. The average Bonchev–Trinajstić information content (AvgIpc) is 3.39. The van der Waals surface area contributed by atoms with Gasteiger partial charge in [0, 0.05) is 37.6 Å². The third-order valence-electron chi connectivity index (χ3n) is 5.51. The van der Waals surface area contributed by atoms with Crippen molar-refractivity contribution in [3.05, 3.63) is 24.5 Å². The van der Waals surface area contributed by atoms with Gasteiger partial charge in [-0.3, -0.25) is 14.2 Å². The Morgan fingerprint density at radius 2 is 2.03 bits per heavy atom. The lowest BCUT2D eigenvalue weighted by atomic mass is 10.0. The molecule has 2 bridgehead atoms. The van der Waals surface area contributed by atoms with E-state index >= 15 is 0 Å². The zero-order valence-electron chi connectivity index (χ0n) is 15.5. The molecule has 13 heteroatoms. The predicted molar refractivity (Wildman–Crippen MR) is 97.4 cm³/mol. The van der Waals surface area contributed by atoms with Crippen LogP contribution in [-0.4, -0.2) is 77.3 Å². The SMILES string of the molecule is O=C(NOCC1CC(n2cccc2)CN1)[C@@H]1CC[C@@H]2CN1C(=O)N2OS(=O)(=O)O. The van der Waals surface area contributed by atoms with Crippen LogP contribution in [0, 0.1) is 0 Å². The minimum absolute atomic E-state index is 0.0884. The summed E-state index contributed by atoms with van der Waals surface area (Å²) in [4.78, 5) is 31.4. The number of amides is 3. The van der Waals surface area contributed by atoms with Gasteiger partial charge in [-0.25, -0.2) is 10.3 Å². The molecular formula is C16H23N5O7S. The lowest BCUT2D eigenvalue weighted by Gasteiger charge is -2.29. The first kappa shape index (κ1) is 20.1. The van der Waals surface area contributed by atoms with Crippen molar-refractivity contribution in [2.75, 3.05) is 19.7 Å². The molecular weight excluding hydrogens is 406 g/mol. The Hall–Kier alpha value is -2.19. The van der Waals surface area contributed by atoms with Crippen LogP contribution >= 0.6 is 0 Å².